The molecular formula is C62H95N19O15S2. The standard InChI is InChI=1S/C62H95N19O15S2/c1-5-35(4)52-61(96)80-45(25-38-27-67-33-72-38)54(89)70-29-50(85)75-46(55(90)71-30-51(86)87)31-97-98-32-47(74-48(83)26-64)60(95)77-41(15-11-21-68-62(65)66)56(91)78-42(22-34(2)3)58(93)79-43(24-37-16-18-39(82)19-17-37)53(88)69-28-49(84)73-44(23-36-12-7-6-8-13-36)59(94)76-40(57(92)81-52)14-9-10-20-63/h6-8,12-13,16-19,27,33-35,40-47,52,62,68,82H,5,9-11,14-15,20-26,28-32,63-66H2,1-4H3,(H,67,72)(H,69,88)(H,70,89)(H,71,90)(H,73,84)(H,74,83)(H,75,85)(H,76,94)(H,77,95)(H,78,91)(H,79,93)(H,80,96)(H,81,92)(H,86,87)/t35-,40-,41-,42-,43-,44-,45-,46-,47-,52-/m0/s1. The molecule has 12 amide bonds. The number of rotatable bonds is 24. The van der Waals surface area contributed by atoms with E-state index in [-0.39, 0.29) is 81.2 Å². The number of aliphatic carboxylic acids is 1. The summed E-state index contributed by atoms with van der Waals surface area (Å²) in [6.45, 7) is 4.32. The number of carbonyl (C=O) groups is 13. The van der Waals surface area contributed by atoms with Crippen molar-refractivity contribution in [2.24, 2.45) is 34.8 Å². The zero-order chi connectivity index (χ0) is 72.3. The van der Waals surface area contributed by atoms with Gasteiger partial charge in [0.2, 0.25) is 70.9 Å². The highest BCUT2D eigenvalue weighted by Crippen LogP contribution is 2.24. The van der Waals surface area contributed by atoms with Gasteiger partial charge >= 0.3 is 5.97 Å². The lowest BCUT2D eigenvalue weighted by Gasteiger charge is -2.29. The zero-order valence-electron chi connectivity index (χ0n) is 55.3. The first-order chi connectivity index (χ1) is 46.7. The summed E-state index contributed by atoms with van der Waals surface area (Å²) in [4.78, 5) is 188. The quantitative estimate of drug-likeness (QED) is 0.0227. The van der Waals surface area contributed by atoms with Gasteiger partial charge in [-0.05, 0) is 86.7 Å². The molecule has 540 valence electrons. The SMILES string of the molecule is CC[C@H](C)[C@@H]1NC(=O)[C@H](CCCCN)NC(=O)[C@H](Cc2ccccc2)NC(=O)CNC(=O)[C@H](Cc2ccc(O)cc2)NC(=O)[C@H](CC(C)C)NC(=O)[C@H](CCCNC(N)N)NC(=O)[C@@H](NC(=O)CN)CSSC[C@@H](C(=O)NCC(=O)O)NC(=O)CNC(=O)[C@H](Cc2cnc[nH]2)NC1=O. The van der Waals surface area contributed by atoms with Crippen LogP contribution in [-0.4, -0.2) is 208 Å². The van der Waals surface area contributed by atoms with Crippen molar-refractivity contribution in [1.29, 1.82) is 0 Å². The lowest BCUT2D eigenvalue weighted by atomic mass is 9.96. The van der Waals surface area contributed by atoms with Crippen molar-refractivity contribution >= 4 is 98.4 Å². The highest BCUT2D eigenvalue weighted by atomic mass is 33.1. The predicted molar refractivity (Wildman–Crippen MR) is 363 cm³/mol. The number of hydrogen-bond donors (Lipinski definition) is 20. The molecule has 1 aliphatic heterocycles. The molecule has 0 aliphatic carbocycles. The average molecular weight is 1410 g/mol. The summed E-state index contributed by atoms with van der Waals surface area (Å²) in [6, 6.07) is 1.49. The van der Waals surface area contributed by atoms with E-state index >= 15 is 0 Å². The highest BCUT2D eigenvalue weighted by molar-refractivity contribution is 8.76. The molecule has 1 aromatic heterocycles. The van der Waals surface area contributed by atoms with Crippen molar-refractivity contribution in [3.05, 3.63) is 83.9 Å². The van der Waals surface area contributed by atoms with E-state index in [4.69, 9.17) is 22.9 Å². The summed E-state index contributed by atoms with van der Waals surface area (Å²) >= 11 is 0. The number of phenols is 1. The number of carboxylic acid groups (broad SMARTS) is 1. The molecule has 2 aromatic carbocycles. The van der Waals surface area contributed by atoms with Crippen LogP contribution in [0.3, 0.4) is 0 Å². The van der Waals surface area contributed by atoms with Crippen molar-refractivity contribution < 1.29 is 72.5 Å². The van der Waals surface area contributed by atoms with Crippen molar-refractivity contribution in [3.8, 4) is 5.75 Å². The summed E-state index contributed by atoms with van der Waals surface area (Å²) < 4.78 is 0. The molecule has 98 heavy (non-hydrogen) atoms. The maximum absolute atomic E-state index is 14.6. The van der Waals surface area contributed by atoms with Crippen LogP contribution in [0.25, 0.3) is 0 Å². The fourth-order valence-electron chi connectivity index (χ4n) is 9.79. The summed E-state index contributed by atoms with van der Waals surface area (Å²) in [5, 5.41) is 53.3. The van der Waals surface area contributed by atoms with Crippen molar-refractivity contribution in [1.82, 2.24) is 79.1 Å². The summed E-state index contributed by atoms with van der Waals surface area (Å²) in [7, 11) is 1.81. The number of aromatic amines is 1. The summed E-state index contributed by atoms with van der Waals surface area (Å²) in [5.74, 6) is -13.5. The predicted octanol–water partition coefficient (Wildman–Crippen LogP) is -4.91. The number of carboxylic acids is 1. The number of aromatic nitrogens is 2. The van der Waals surface area contributed by atoms with Crippen LogP contribution in [0.5, 0.6) is 5.75 Å². The Morgan fingerprint density at radius 2 is 1.16 bits per heavy atom. The first-order valence-corrected chi connectivity index (χ1v) is 34.6. The van der Waals surface area contributed by atoms with Gasteiger partial charge in [-0.3, -0.25) is 67.6 Å². The average Bonchev–Trinajstić information content (AvgIpc) is 1.26. The second-order valence-electron chi connectivity index (χ2n) is 23.7. The van der Waals surface area contributed by atoms with Gasteiger partial charge in [0.25, 0.3) is 0 Å². The van der Waals surface area contributed by atoms with Crippen LogP contribution < -0.4 is 92.1 Å². The fraction of sp³-hybridized carbons (Fsp3) is 0.548. The third kappa shape index (κ3) is 30.2. The van der Waals surface area contributed by atoms with Gasteiger partial charge in [0.15, 0.2) is 0 Å². The van der Waals surface area contributed by atoms with E-state index in [1.165, 1.54) is 36.8 Å². The lowest BCUT2D eigenvalue weighted by Crippen LogP contribution is -2.60. The molecule has 1 saturated heterocycles. The molecule has 36 heteroatoms. The number of unbranched alkanes of at least 4 members (excludes halogenated alkanes) is 1. The molecule has 2 heterocycles. The third-order valence-corrected chi connectivity index (χ3v) is 17.7. The van der Waals surface area contributed by atoms with Gasteiger partial charge in [-0.15, -0.1) is 0 Å². The number of H-pyrrole nitrogens is 1. The van der Waals surface area contributed by atoms with Gasteiger partial charge in [0.05, 0.1) is 26.0 Å². The van der Waals surface area contributed by atoms with E-state index < -0.39 is 170 Å². The Bertz CT molecular complexity index is 3120. The monoisotopic (exact) mass is 1410 g/mol. The molecule has 0 saturated carbocycles. The van der Waals surface area contributed by atoms with Gasteiger partial charge < -0.3 is 102 Å². The van der Waals surface area contributed by atoms with Crippen LogP contribution >= 0.6 is 21.6 Å². The van der Waals surface area contributed by atoms with Gasteiger partial charge in [-0.1, -0.05) is 98.2 Å². The maximum Gasteiger partial charge on any atom is 0.322 e. The molecule has 10 atom stereocenters. The van der Waals surface area contributed by atoms with Crippen LogP contribution in [-0.2, 0) is 81.6 Å². The minimum Gasteiger partial charge on any atom is -0.508 e. The molecule has 3 aromatic rings. The van der Waals surface area contributed by atoms with Gasteiger partial charge in [0, 0.05) is 42.7 Å². The minimum absolute atomic E-state index is 0.00305. The third-order valence-electron chi connectivity index (χ3n) is 15.3. The lowest BCUT2D eigenvalue weighted by molar-refractivity contribution is -0.138. The molecule has 1 fully saturated rings. The number of nitrogens with zero attached hydrogens (tertiary/aromatic N) is 1. The molecule has 0 spiro atoms. The van der Waals surface area contributed by atoms with E-state index in [2.05, 4.69) is 79.1 Å². The molecule has 4 rings (SSSR count). The maximum atomic E-state index is 14.6. The Kier molecular flexibility index (Phi) is 36.1. The molecule has 1 aliphatic rings. The topological polar surface area (TPSA) is 552 Å². The van der Waals surface area contributed by atoms with Gasteiger partial charge in [0.1, 0.15) is 73.0 Å². The Balaban J connectivity index is 1.83. The molecule has 34 nitrogen and oxygen atoms in total. The Labute approximate surface area is 575 Å². The van der Waals surface area contributed by atoms with Crippen LogP contribution in [0.4, 0.5) is 0 Å². The molecular weight excluding hydrogens is 1310 g/mol. The number of hydrogen-bond acceptors (Lipinski definition) is 22. The second kappa shape index (κ2) is 43.4. The van der Waals surface area contributed by atoms with E-state index in [0.717, 1.165) is 21.6 Å². The smallest absolute Gasteiger partial charge is 0.322 e. The van der Waals surface area contributed by atoms with Crippen molar-refractivity contribution in [2.75, 3.05) is 50.8 Å². The summed E-state index contributed by atoms with van der Waals surface area (Å²) in [6.07, 6.45) is 2.27. The number of benzene rings is 2. The largest absolute Gasteiger partial charge is 0.508 e. The Morgan fingerprint density at radius 1 is 0.622 bits per heavy atom. The Morgan fingerprint density at radius 3 is 1.76 bits per heavy atom. The first-order valence-electron chi connectivity index (χ1n) is 32.1. The minimum atomic E-state index is -1.50. The van der Waals surface area contributed by atoms with Gasteiger partial charge in [-0.25, -0.2) is 4.98 Å². The second-order valence-corrected chi connectivity index (χ2v) is 26.3. The van der Waals surface area contributed by atoms with E-state index in [9.17, 15) is 72.5 Å². The molecule has 0 radical (unpaired) electrons. The number of nitrogens with two attached hydrogens (primary N) is 4. The van der Waals surface area contributed by atoms with E-state index in [0.29, 0.717) is 36.1 Å². The fourth-order valence-corrected chi connectivity index (χ4v) is 12.1. The molecule has 0 bridgehead atoms. The van der Waals surface area contributed by atoms with Crippen LogP contribution in [0, 0.1) is 11.8 Å². The zero-order valence-corrected chi connectivity index (χ0v) is 56.9. The van der Waals surface area contributed by atoms with Crippen LogP contribution in [0.1, 0.15) is 89.5 Å². The van der Waals surface area contributed by atoms with E-state index in [1.54, 1.807) is 58.0 Å². The molecule has 24 N–H and O–H groups in total. The number of carbonyl (C=O) groups excluding carboxylic acids is 12. The highest BCUT2D eigenvalue weighted by Gasteiger charge is 2.36. The van der Waals surface area contributed by atoms with Crippen LogP contribution in [0.15, 0.2) is 67.1 Å². The van der Waals surface area contributed by atoms with Crippen LogP contribution in [0.2, 0.25) is 0 Å². The number of aromatic hydroxyl groups is 1. The van der Waals surface area contributed by atoms with Crippen molar-refractivity contribution in [2.45, 2.75) is 153 Å². The number of imidazole rings is 1. The normalized spacial score (nSPS) is 22.7. The summed E-state index contributed by atoms with van der Waals surface area (Å²) in [5.41, 5.74) is 24.3. The Hall–Kier alpha value is -8.94. The number of phenolic OH excluding ortho intramolecular Hbond substituents is 1. The number of nitrogens with one attached hydrogen (secondary N) is 14. The van der Waals surface area contributed by atoms with Gasteiger partial charge in [-0.2, -0.15) is 0 Å². The van der Waals surface area contributed by atoms with E-state index in [1.807, 2.05) is 0 Å². The molecule has 0 unspecified atom stereocenters. The number of amides is 12. The van der Waals surface area contributed by atoms with Crippen molar-refractivity contribution in [3.63, 3.8) is 0 Å². The first kappa shape index (κ1) is 81.5.